The highest BCUT2D eigenvalue weighted by Crippen LogP contribution is 2.37. The third-order valence-electron chi connectivity index (χ3n) is 4.11. The average Bonchev–Trinajstić information content (AvgIpc) is 2.33. The highest BCUT2D eigenvalue weighted by Gasteiger charge is 2.22. The van der Waals surface area contributed by atoms with Gasteiger partial charge in [0.1, 0.15) is 0 Å². The fourth-order valence-corrected chi connectivity index (χ4v) is 2.66. The van der Waals surface area contributed by atoms with Gasteiger partial charge in [0.2, 0.25) is 0 Å². The van der Waals surface area contributed by atoms with E-state index in [4.69, 9.17) is 4.74 Å². The van der Waals surface area contributed by atoms with E-state index in [1.54, 1.807) is 7.11 Å². The van der Waals surface area contributed by atoms with E-state index in [0.717, 1.165) is 12.5 Å². The molecule has 2 heteroatoms. The van der Waals surface area contributed by atoms with Gasteiger partial charge in [0.25, 0.3) is 0 Å². The Morgan fingerprint density at radius 2 is 2.17 bits per heavy atom. The van der Waals surface area contributed by atoms with Crippen molar-refractivity contribution in [3.05, 3.63) is 35.4 Å². The van der Waals surface area contributed by atoms with E-state index in [0.29, 0.717) is 6.04 Å². The van der Waals surface area contributed by atoms with Crippen molar-refractivity contribution < 1.29 is 4.74 Å². The lowest BCUT2D eigenvalue weighted by Gasteiger charge is -2.28. The molecule has 0 bridgehead atoms. The van der Waals surface area contributed by atoms with Crippen LogP contribution in [0.4, 0.5) is 0 Å². The Morgan fingerprint density at radius 1 is 1.39 bits per heavy atom. The van der Waals surface area contributed by atoms with Gasteiger partial charge >= 0.3 is 0 Å². The zero-order valence-corrected chi connectivity index (χ0v) is 11.8. The third kappa shape index (κ3) is 2.93. The first-order valence-electron chi connectivity index (χ1n) is 7.12. The van der Waals surface area contributed by atoms with Crippen LogP contribution in [-0.4, -0.2) is 19.8 Å². The van der Waals surface area contributed by atoms with Crippen molar-refractivity contribution in [2.45, 2.75) is 51.2 Å². The lowest BCUT2D eigenvalue weighted by atomic mass is 9.79. The molecule has 100 valence electrons. The first kappa shape index (κ1) is 13.6. The van der Waals surface area contributed by atoms with Crippen LogP contribution in [0.3, 0.4) is 0 Å². The first-order chi connectivity index (χ1) is 8.76. The van der Waals surface area contributed by atoms with Gasteiger partial charge in [-0.25, -0.2) is 0 Å². The minimum Gasteiger partial charge on any atom is -0.380 e. The molecule has 2 unspecified atom stereocenters. The Kier molecular flexibility index (Phi) is 4.79. The van der Waals surface area contributed by atoms with Gasteiger partial charge in [-0.2, -0.15) is 0 Å². The molecule has 0 spiro atoms. The summed E-state index contributed by atoms with van der Waals surface area (Å²) in [6.45, 7) is 5.24. The van der Waals surface area contributed by atoms with Crippen LogP contribution in [0.2, 0.25) is 0 Å². The smallest absolute Gasteiger partial charge is 0.0737 e. The molecule has 0 heterocycles. The van der Waals surface area contributed by atoms with Gasteiger partial charge in [-0.05, 0) is 43.4 Å². The summed E-state index contributed by atoms with van der Waals surface area (Å²) in [5, 5.41) is 3.53. The SMILES string of the molecule is CCNC(c1cccc(C2CCC2)c1)C(C)OC. The highest BCUT2D eigenvalue weighted by molar-refractivity contribution is 5.30. The van der Waals surface area contributed by atoms with Crippen LogP contribution in [-0.2, 0) is 4.74 Å². The van der Waals surface area contributed by atoms with Crippen LogP contribution in [0.1, 0.15) is 56.2 Å². The van der Waals surface area contributed by atoms with E-state index in [2.05, 4.69) is 43.4 Å². The second kappa shape index (κ2) is 6.35. The number of ether oxygens (including phenoxy) is 1. The monoisotopic (exact) mass is 247 g/mol. The molecule has 2 rings (SSSR count). The molecule has 1 saturated carbocycles. The maximum atomic E-state index is 5.50. The largest absolute Gasteiger partial charge is 0.380 e. The minimum atomic E-state index is 0.196. The van der Waals surface area contributed by atoms with Crippen molar-refractivity contribution in [1.29, 1.82) is 0 Å². The van der Waals surface area contributed by atoms with Crippen LogP contribution in [0, 0.1) is 0 Å². The van der Waals surface area contributed by atoms with Crippen LogP contribution >= 0.6 is 0 Å². The van der Waals surface area contributed by atoms with Gasteiger partial charge in [-0.1, -0.05) is 37.6 Å². The molecule has 0 aliphatic heterocycles. The highest BCUT2D eigenvalue weighted by atomic mass is 16.5. The second-order valence-corrected chi connectivity index (χ2v) is 5.27. The van der Waals surface area contributed by atoms with E-state index in [1.807, 2.05) is 0 Å². The molecule has 1 aliphatic rings. The van der Waals surface area contributed by atoms with E-state index < -0.39 is 0 Å². The van der Waals surface area contributed by atoms with E-state index in [9.17, 15) is 0 Å². The number of likely N-dealkylation sites (N-methyl/N-ethyl adjacent to an activating group) is 1. The standard InChI is InChI=1S/C16H25NO/c1-4-17-16(12(2)18-3)15-10-6-9-14(11-15)13-7-5-8-13/h6,9-13,16-17H,4-5,7-8H2,1-3H3. The zero-order chi connectivity index (χ0) is 13.0. The normalized spacial score (nSPS) is 19.3. The predicted octanol–water partition coefficient (Wildman–Crippen LogP) is 3.64. The topological polar surface area (TPSA) is 21.3 Å². The Hall–Kier alpha value is -0.860. The van der Waals surface area contributed by atoms with Crippen molar-refractivity contribution in [2.24, 2.45) is 0 Å². The summed E-state index contributed by atoms with van der Waals surface area (Å²) >= 11 is 0. The van der Waals surface area contributed by atoms with Gasteiger partial charge in [0.05, 0.1) is 12.1 Å². The van der Waals surface area contributed by atoms with Crippen LogP contribution in [0.5, 0.6) is 0 Å². The van der Waals surface area contributed by atoms with Gasteiger partial charge < -0.3 is 10.1 Å². The fraction of sp³-hybridized carbons (Fsp3) is 0.625. The van der Waals surface area contributed by atoms with Crippen molar-refractivity contribution in [3.8, 4) is 0 Å². The molecule has 0 aromatic heterocycles. The Balaban J connectivity index is 2.17. The number of hydrogen-bond acceptors (Lipinski definition) is 2. The zero-order valence-electron chi connectivity index (χ0n) is 11.8. The lowest BCUT2D eigenvalue weighted by Crippen LogP contribution is -2.31. The Bertz CT molecular complexity index is 373. The number of hydrogen-bond donors (Lipinski definition) is 1. The molecule has 0 amide bonds. The molecule has 2 atom stereocenters. The molecule has 1 aromatic rings. The third-order valence-corrected chi connectivity index (χ3v) is 4.11. The molecular formula is C16H25NO. The maximum absolute atomic E-state index is 5.50. The van der Waals surface area contributed by atoms with E-state index in [1.165, 1.54) is 30.4 Å². The van der Waals surface area contributed by atoms with Crippen molar-refractivity contribution in [1.82, 2.24) is 5.32 Å². The summed E-state index contributed by atoms with van der Waals surface area (Å²) in [6, 6.07) is 9.33. The average molecular weight is 247 g/mol. The Morgan fingerprint density at radius 3 is 2.72 bits per heavy atom. The summed E-state index contributed by atoms with van der Waals surface area (Å²) in [7, 11) is 1.78. The second-order valence-electron chi connectivity index (χ2n) is 5.27. The first-order valence-corrected chi connectivity index (χ1v) is 7.12. The number of benzene rings is 1. The van der Waals surface area contributed by atoms with Gasteiger partial charge in [-0.15, -0.1) is 0 Å². The van der Waals surface area contributed by atoms with Crippen molar-refractivity contribution in [2.75, 3.05) is 13.7 Å². The summed E-state index contributed by atoms with van der Waals surface area (Å²) in [4.78, 5) is 0. The molecule has 2 nitrogen and oxygen atoms in total. The number of rotatable bonds is 6. The summed E-state index contributed by atoms with van der Waals surface area (Å²) in [6.07, 6.45) is 4.30. The Labute approximate surface area is 111 Å². The van der Waals surface area contributed by atoms with Crippen molar-refractivity contribution in [3.63, 3.8) is 0 Å². The minimum absolute atomic E-state index is 0.196. The summed E-state index contributed by atoms with van der Waals surface area (Å²) in [5.74, 6) is 0.796. The molecule has 0 saturated heterocycles. The van der Waals surface area contributed by atoms with Gasteiger partial charge in [-0.3, -0.25) is 0 Å². The van der Waals surface area contributed by atoms with Crippen LogP contribution in [0.15, 0.2) is 24.3 Å². The molecule has 1 N–H and O–H groups in total. The van der Waals surface area contributed by atoms with Gasteiger partial charge in [0, 0.05) is 7.11 Å². The summed E-state index contributed by atoms with van der Waals surface area (Å²) < 4.78 is 5.50. The molecular weight excluding hydrogens is 222 g/mol. The summed E-state index contributed by atoms with van der Waals surface area (Å²) in [5.41, 5.74) is 2.86. The lowest BCUT2D eigenvalue weighted by molar-refractivity contribution is 0.0835. The maximum Gasteiger partial charge on any atom is 0.0737 e. The molecule has 1 fully saturated rings. The van der Waals surface area contributed by atoms with Crippen LogP contribution < -0.4 is 5.32 Å². The fourth-order valence-electron chi connectivity index (χ4n) is 2.66. The number of nitrogens with one attached hydrogen (secondary N) is 1. The molecule has 18 heavy (non-hydrogen) atoms. The van der Waals surface area contributed by atoms with Crippen molar-refractivity contribution >= 4 is 0 Å². The van der Waals surface area contributed by atoms with Crippen LogP contribution in [0.25, 0.3) is 0 Å². The molecule has 1 aromatic carbocycles. The molecule has 0 radical (unpaired) electrons. The van der Waals surface area contributed by atoms with E-state index >= 15 is 0 Å². The van der Waals surface area contributed by atoms with E-state index in [-0.39, 0.29) is 6.10 Å². The predicted molar refractivity (Wildman–Crippen MR) is 75.9 cm³/mol. The number of methoxy groups -OCH3 is 1. The quantitative estimate of drug-likeness (QED) is 0.828. The van der Waals surface area contributed by atoms with Gasteiger partial charge in [0.15, 0.2) is 0 Å². The molecule has 1 aliphatic carbocycles.